The van der Waals surface area contributed by atoms with Crippen molar-refractivity contribution in [3.05, 3.63) is 111 Å². The summed E-state index contributed by atoms with van der Waals surface area (Å²) in [5.41, 5.74) is 0.441. The van der Waals surface area contributed by atoms with Gasteiger partial charge in [-0.1, -0.05) is 18.2 Å². The number of aryl methyl sites for hydroxylation is 3. The van der Waals surface area contributed by atoms with E-state index in [0.29, 0.717) is 61.7 Å². The second-order valence-corrected chi connectivity index (χ2v) is 26.7. The molecule has 1 aliphatic heterocycles. The van der Waals surface area contributed by atoms with Gasteiger partial charge in [-0.3, -0.25) is 67.7 Å². The maximum atomic E-state index is 13.8. The Morgan fingerprint density at radius 3 is 1.72 bits per heavy atom. The Hall–Kier alpha value is -9.27. The molecule has 38 heteroatoms. The molecule has 0 unspecified atom stereocenters. The van der Waals surface area contributed by atoms with Crippen LogP contribution in [0.2, 0.25) is 0 Å². The van der Waals surface area contributed by atoms with E-state index in [9.17, 15) is 86.3 Å². The third kappa shape index (κ3) is 29.9. The average molecular weight is 1480 g/mol. The number of ether oxygens (including phenoxy) is 4. The number of nitrogens with zero attached hydrogens (tertiary/aromatic N) is 7. The molecule has 6 rings (SSSR count). The van der Waals surface area contributed by atoms with E-state index in [1.165, 1.54) is 56.4 Å². The smallest absolute Gasteiger partial charge is 0.494 e. The van der Waals surface area contributed by atoms with Gasteiger partial charge in [-0.15, -0.1) is 0 Å². The molecule has 36 nitrogen and oxygen atoms in total. The number of anilines is 1. The first-order chi connectivity index (χ1) is 49.0. The summed E-state index contributed by atoms with van der Waals surface area (Å²) in [6, 6.07) is 12.3. The number of aromatic amines is 1. The standard InChI is InChI=1S/C65H90N13O23PS/c1-44-33-49(34-45(2)61(44)103(95,96)73-53(64(90)91)38-70-62(88)51-39-74(3)54-36-47(10-13-50(54)60(51)87)37-71-65-68-16-17-69-65)100-28-4-7-55(79)66-14-5-26-97-29-31-99-32-30-98-27-6-15-67-63(89)52(35-46-8-11-48(12-9-46)101-102(92,93)94)72-56(80)40-75-18-20-76(41-57(81)82)22-24-78(43-59(85)86)25-23-77(21-19-75)42-58(83)84/h8-13,16-17,33-34,36,39,52H,4-7,14-15,18-32,35,37-38,40-43H2,1-3H3,(H,66,79)(H,67,89)(H,70,88)(H,72,80)(H,81,82)(H,83,84)(H,85,86)(H,90,91)(H2,68,69,71)(H2,92,93,94)/t52-/m1/s1. The van der Waals surface area contributed by atoms with Gasteiger partial charge in [-0.2, -0.15) is 12.8 Å². The van der Waals surface area contributed by atoms with Crippen molar-refractivity contribution in [1.29, 1.82) is 0 Å². The molecular formula is C65H90N13O23PS. The molecule has 1 saturated heterocycles. The number of carbonyl (C=O) groups is 8. The molecular weight excluding hydrogens is 1390 g/mol. The van der Waals surface area contributed by atoms with Crippen LogP contribution in [-0.4, -0.2) is 276 Å². The Labute approximate surface area is 593 Å². The number of imidazole rings is 1. The van der Waals surface area contributed by atoms with Crippen molar-refractivity contribution in [1.82, 2.24) is 55.4 Å². The van der Waals surface area contributed by atoms with Gasteiger partial charge in [0.25, 0.3) is 15.9 Å². The number of aliphatic carboxylic acids is 4. The number of amides is 4. The Morgan fingerprint density at radius 1 is 0.660 bits per heavy atom. The predicted octanol–water partition coefficient (Wildman–Crippen LogP) is 0.0306. The third-order valence-corrected chi connectivity index (χ3v) is 17.8. The summed E-state index contributed by atoms with van der Waals surface area (Å²) in [7, 11) is -7.88. The van der Waals surface area contributed by atoms with E-state index in [-0.39, 0.29) is 176 Å². The van der Waals surface area contributed by atoms with Gasteiger partial charge in [0.2, 0.25) is 23.2 Å². The molecule has 0 bridgehead atoms. The maximum Gasteiger partial charge on any atom is 0.524 e. The minimum Gasteiger partial charge on any atom is -0.494 e. The summed E-state index contributed by atoms with van der Waals surface area (Å²) in [4.78, 5) is 146. The molecule has 3 heterocycles. The Kier molecular flexibility index (Phi) is 33.5. The summed E-state index contributed by atoms with van der Waals surface area (Å²) in [6.07, 6.45) is 5.87. The highest BCUT2D eigenvalue weighted by atomic mass is 32.2. The van der Waals surface area contributed by atoms with Crippen LogP contribution >= 0.6 is 7.82 Å². The van der Waals surface area contributed by atoms with Crippen molar-refractivity contribution in [2.45, 2.75) is 63.4 Å². The Balaban J connectivity index is 0.848. The zero-order valence-electron chi connectivity index (χ0n) is 57.4. The van der Waals surface area contributed by atoms with Gasteiger partial charge in [0.15, 0.2) is 11.7 Å². The zero-order chi connectivity index (χ0) is 75.1. The quantitative estimate of drug-likeness (QED) is 0.0139. The van der Waals surface area contributed by atoms with Crippen LogP contribution in [0.4, 0.5) is 5.95 Å². The second kappa shape index (κ2) is 41.7. The second-order valence-electron chi connectivity index (χ2n) is 24.0. The van der Waals surface area contributed by atoms with E-state index in [0.717, 1.165) is 5.56 Å². The molecule has 5 aromatic rings. The molecule has 1 atom stereocenters. The third-order valence-electron chi connectivity index (χ3n) is 15.8. The number of sulfonamides is 1. The fraction of sp³-hybridized carbons (Fsp3) is 0.492. The van der Waals surface area contributed by atoms with Gasteiger partial charge >= 0.3 is 31.7 Å². The molecule has 103 heavy (non-hydrogen) atoms. The molecule has 12 N–H and O–H groups in total. The number of phosphoric ester groups is 1. The number of carbonyl (C=O) groups excluding carboxylic acids is 4. The number of nitrogens with one attached hydrogen (secondary N) is 6. The number of phosphoric acid groups is 1. The van der Waals surface area contributed by atoms with Crippen LogP contribution in [0.25, 0.3) is 10.9 Å². The SMILES string of the molecule is Cc1cc(OCCCC(=O)NCCCOCCOCCOCCCNC(=O)[C@@H](Cc2ccc(OP(=O)(O)O)cc2)NC(=O)CN2CCN(CC(=O)O)CCN(CC(=O)O)CCN(CC(=O)O)CC2)cc(C)c1S(=O)(=O)N=C(CNC(=O)c1cn(C)c2cc(CNc3ncc[nH]3)ccc2c1=O)C(=O)O. The summed E-state index contributed by atoms with van der Waals surface area (Å²) in [6.45, 7) is 4.77. The molecule has 0 spiro atoms. The van der Waals surface area contributed by atoms with Crippen molar-refractivity contribution in [2.24, 2.45) is 11.4 Å². The first-order valence-corrected chi connectivity index (χ1v) is 35.9. The zero-order valence-corrected chi connectivity index (χ0v) is 59.1. The van der Waals surface area contributed by atoms with Crippen LogP contribution in [0, 0.1) is 13.8 Å². The Bertz CT molecular complexity index is 3900. The van der Waals surface area contributed by atoms with Crippen LogP contribution in [0.3, 0.4) is 0 Å². The molecule has 2 aromatic heterocycles. The number of hydrogen-bond donors (Lipinski definition) is 12. The minimum atomic E-state index is -4.86. The molecule has 1 aliphatic rings. The summed E-state index contributed by atoms with van der Waals surface area (Å²) >= 11 is 0. The number of fused-ring (bicyclic) bond motifs is 1. The molecule has 1 fully saturated rings. The van der Waals surface area contributed by atoms with Crippen molar-refractivity contribution >= 4 is 87.9 Å². The van der Waals surface area contributed by atoms with E-state index in [1.54, 1.807) is 61.8 Å². The van der Waals surface area contributed by atoms with Crippen molar-refractivity contribution in [3.8, 4) is 11.5 Å². The highest BCUT2D eigenvalue weighted by molar-refractivity contribution is 7.90. The molecule has 0 radical (unpaired) electrons. The predicted molar refractivity (Wildman–Crippen MR) is 371 cm³/mol. The topological polar surface area (TPSA) is 491 Å². The fourth-order valence-corrected chi connectivity index (χ4v) is 12.7. The monoisotopic (exact) mass is 1480 g/mol. The van der Waals surface area contributed by atoms with Gasteiger partial charge in [0.1, 0.15) is 23.1 Å². The summed E-state index contributed by atoms with van der Waals surface area (Å²) in [5, 5.41) is 52.7. The maximum absolute atomic E-state index is 13.8. The normalized spacial score (nSPS) is 14.4. The van der Waals surface area contributed by atoms with Gasteiger partial charge < -0.3 is 80.0 Å². The lowest BCUT2D eigenvalue weighted by Crippen LogP contribution is -2.53. The van der Waals surface area contributed by atoms with Gasteiger partial charge in [0, 0.05) is 129 Å². The van der Waals surface area contributed by atoms with E-state index in [2.05, 4.69) is 45.5 Å². The number of hydrogen-bond acceptors (Lipinski definition) is 23. The van der Waals surface area contributed by atoms with Gasteiger partial charge in [-0.25, -0.2) is 14.3 Å². The summed E-state index contributed by atoms with van der Waals surface area (Å²) in [5.74, 6) is -6.60. The first-order valence-electron chi connectivity index (χ1n) is 32.9. The van der Waals surface area contributed by atoms with E-state index >= 15 is 0 Å². The van der Waals surface area contributed by atoms with Crippen molar-refractivity contribution in [3.63, 3.8) is 0 Å². The van der Waals surface area contributed by atoms with Crippen LogP contribution < -0.4 is 41.3 Å². The minimum absolute atomic E-state index is 0.0540. The molecule has 0 saturated carbocycles. The number of H-pyrrole nitrogens is 1. The highest BCUT2D eigenvalue weighted by Crippen LogP contribution is 2.37. The highest BCUT2D eigenvalue weighted by Gasteiger charge is 2.28. The molecule has 3 aromatic carbocycles. The first kappa shape index (κ1) is 82.7. The number of carboxylic acids is 4. The van der Waals surface area contributed by atoms with Crippen LogP contribution in [-0.2, 0) is 82.4 Å². The number of aromatic nitrogens is 3. The average Bonchev–Trinajstić information content (AvgIpc) is 0.983. The molecule has 0 aliphatic carbocycles. The van der Waals surface area contributed by atoms with E-state index in [4.69, 9.17) is 18.9 Å². The molecule has 4 amide bonds. The summed E-state index contributed by atoms with van der Waals surface area (Å²) < 4.78 is 71.0. The van der Waals surface area contributed by atoms with Gasteiger partial charge in [-0.05, 0) is 91.8 Å². The van der Waals surface area contributed by atoms with E-state index in [1.807, 2.05) is 0 Å². The lowest BCUT2D eigenvalue weighted by Gasteiger charge is -2.33. The van der Waals surface area contributed by atoms with E-state index < -0.39 is 83.2 Å². The van der Waals surface area contributed by atoms with Crippen LogP contribution in [0.15, 0.2) is 87.3 Å². The van der Waals surface area contributed by atoms with Crippen molar-refractivity contribution in [2.75, 3.05) is 150 Å². The van der Waals surface area contributed by atoms with Crippen LogP contribution in [0.5, 0.6) is 11.5 Å². The number of pyridine rings is 1. The lowest BCUT2D eigenvalue weighted by molar-refractivity contribution is -0.140. The van der Waals surface area contributed by atoms with Crippen LogP contribution in [0.1, 0.15) is 58.3 Å². The van der Waals surface area contributed by atoms with Crippen molar-refractivity contribution < 1.29 is 105 Å². The Morgan fingerprint density at radius 2 is 1.19 bits per heavy atom. The number of rotatable bonds is 42. The van der Waals surface area contributed by atoms with Gasteiger partial charge in [0.05, 0.1) is 76.2 Å². The lowest BCUT2D eigenvalue weighted by atomic mass is 10.0. The molecule has 564 valence electrons. The number of carboxylic acid groups (broad SMARTS) is 4. The fourth-order valence-electron chi connectivity index (χ4n) is 10.8. The number of benzene rings is 3. The largest absolute Gasteiger partial charge is 0.524 e.